The van der Waals surface area contributed by atoms with E-state index in [0.29, 0.717) is 23.4 Å². The van der Waals surface area contributed by atoms with Gasteiger partial charge in [0, 0.05) is 5.69 Å². The van der Waals surface area contributed by atoms with Crippen LogP contribution in [0, 0.1) is 0 Å². The van der Waals surface area contributed by atoms with Crippen LogP contribution in [0.25, 0.3) is 0 Å². The van der Waals surface area contributed by atoms with Gasteiger partial charge in [0.25, 0.3) is 0 Å². The Balaban J connectivity index is 2.35. The molecule has 0 spiro atoms. The van der Waals surface area contributed by atoms with Crippen LogP contribution < -0.4 is 16.6 Å². The fourth-order valence-electron chi connectivity index (χ4n) is 1.89. The van der Waals surface area contributed by atoms with Crippen LogP contribution in [0.2, 0.25) is 0 Å². The van der Waals surface area contributed by atoms with Gasteiger partial charge in [-0.25, -0.2) is 19.1 Å². The van der Waals surface area contributed by atoms with Crippen molar-refractivity contribution in [1.29, 1.82) is 0 Å². The maximum absolute atomic E-state index is 11.7. The number of sulfone groups is 1. The molecule has 0 bridgehead atoms. The molecule has 1 aliphatic heterocycles. The number of hydrogen-bond acceptors (Lipinski definition) is 4. The number of nitrogens with one attached hydrogen (secondary N) is 2. The minimum atomic E-state index is -3.15. The summed E-state index contributed by atoms with van der Waals surface area (Å²) in [5.41, 5.74) is 3.21. The van der Waals surface area contributed by atoms with E-state index >= 15 is 0 Å². The van der Waals surface area contributed by atoms with E-state index in [1.807, 2.05) is 5.43 Å². The van der Waals surface area contributed by atoms with E-state index in [4.69, 9.17) is 5.84 Å². The molecule has 4 N–H and O–H groups in total. The number of fused-ring (bicyclic) bond motifs is 1. The van der Waals surface area contributed by atoms with Gasteiger partial charge in [-0.15, -0.1) is 0 Å². The standard InChI is InChI=1S/C10H13N3O3S/c11-13-10(14)12-8-3-4-9-7(6-8)2-1-5-17(9,15)16/h3-4,6H,1-2,5,11H2,(H2,12,13,14). The Labute approximate surface area is 99.1 Å². The Hall–Kier alpha value is -1.60. The van der Waals surface area contributed by atoms with Crippen LogP contribution >= 0.6 is 0 Å². The molecular formula is C10H13N3O3S. The summed E-state index contributed by atoms with van der Waals surface area (Å²) >= 11 is 0. The van der Waals surface area contributed by atoms with Crippen molar-refractivity contribution in [2.24, 2.45) is 5.84 Å². The van der Waals surface area contributed by atoms with Crippen molar-refractivity contribution in [3.05, 3.63) is 23.8 Å². The number of urea groups is 1. The summed E-state index contributed by atoms with van der Waals surface area (Å²) in [5, 5.41) is 2.50. The molecule has 1 aromatic carbocycles. The number of carbonyl (C=O) groups is 1. The maximum atomic E-state index is 11.7. The smallest absolute Gasteiger partial charge is 0.307 e. The van der Waals surface area contributed by atoms with Gasteiger partial charge in [-0.2, -0.15) is 0 Å². The number of anilines is 1. The lowest BCUT2D eigenvalue weighted by Crippen LogP contribution is -2.34. The molecular weight excluding hydrogens is 242 g/mol. The SMILES string of the molecule is NNC(=O)Nc1ccc2c(c1)CCCS2(=O)=O. The van der Waals surface area contributed by atoms with Crippen molar-refractivity contribution >= 4 is 21.6 Å². The Morgan fingerprint density at radius 1 is 1.35 bits per heavy atom. The van der Waals surface area contributed by atoms with Crippen molar-refractivity contribution in [1.82, 2.24) is 5.43 Å². The fraction of sp³-hybridized carbons (Fsp3) is 0.300. The molecule has 2 amide bonds. The van der Waals surface area contributed by atoms with Gasteiger partial charge in [0.05, 0.1) is 10.6 Å². The van der Waals surface area contributed by atoms with Gasteiger partial charge >= 0.3 is 6.03 Å². The molecule has 7 heteroatoms. The second kappa shape index (κ2) is 4.34. The first-order valence-electron chi connectivity index (χ1n) is 5.16. The summed E-state index contributed by atoms with van der Waals surface area (Å²) in [5.74, 6) is 5.13. The highest BCUT2D eigenvalue weighted by atomic mass is 32.2. The van der Waals surface area contributed by atoms with Gasteiger partial charge < -0.3 is 5.32 Å². The lowest BCUT2D eigenvalue weighted by Gasteiger charge is -2.17. The van der Waals surface area contributed by atoms with Crippen molar-refractivity contribution in [3.63, 3.8) is 0 Å². The molecule has 0 fully saturated rings. The van der Waals surface area contributed by atoms with Crippen LogP contribution in [-0.2, 0) is 16.3 Å². The zero-order valence-electron chi connectivity index (χ0n) is 9.06. The third-order valence-corrected chi connectivity index (χ3v) is 4.54. The zero-order valence-corrected chi connectivity index (χ0v) is 9.88. The van der Waals surface area contributed by atoms with E-state index < -0.39 is 15.9 Å². The first-order valence-corrected chi connectivity index (χ1v) is 6.81. The van der Waals surface area contributed by atoms with Gasteiger partial charge in [0.15, 0.2) is 9.84 Å². The molecule has 1 aromatic rings. The highest BCUT2D eigenvalue weighted by Crippen LogP contribution is 2.27. The predicted molar refractivity (Wildman–Crippen MR) is 63.2 cm³/mol. The highest BCUT2D eigenvalue weighted by molar-refractivity contribution is 7.91. The van der Waals surface area contributed by atoms with Crippen LogP contribution in [0.5, 0.6) is 0 Å². The quantitative estimate of drug-likeness (QED) is 0.384. The summed E-state index contributed by atoms with van der Waals surface area (Å²) in [6, 6.07) is 4.21. The Morgan fingerprint density at radius 2 is 2.12 bits per heavy atom. The van der Waals surface area contributed by atoms with E-state index in [0.717, 1.165) is 5.56 Å². The maximum Gasteiger partial charge on any atom is 0.333 e. The molecule has 92 valence electrons. The van der Waals surface area contributed by atoms with Crippen molar-refractivity contribution in [2.45, 2.75) is 17.7 Å². The van der Waals surface area contributed by atoms with Gasteiger partial charge in [0.2, 0.25) is 0 Å². The number of rotatable bonds is 1. The third-order valence-electron chi connectivity index (χ3n) is 2.64. The lowest BCUT2D eigenvalue weighted by molar-refractivity contribution is 0.252. The minimum absolute atomic E-state index is 0.191. The monoisotopic (exact) mass is 255 g/mol. The third kappa shape index (κ3) is 2.40. The molecule has 0 unspecified atom stereocenters. The van der Waals surface area contributed by atoms with Crippen LogP contribution in [0.15, 0.2) is 23.1 Å². The van der Waals surface area contributed by atoms with Crippen LogP contribution in [0.4, 0.5) is 10.5 Å². The zero-order chi connectivity index (χ0) is 12.5. The second-order valence-electron chi connectivity index (χ2n) is 3.84. The number of amides is 2. The molecule has 1 heterocycles. The number of aryl methyl sites for hydroxylation is 1. The van der Waals surface area contributed by atoms with Gasteiger partial charge in [0.1, 0.15) is 0 Å². The summed E-state index contributed by atoms with van der Waals surface area (Å²) in [6.07, 6.45) is 1.32. The van der Waals surface area contributed by atoms with E-state index in [9.17, 15) is 13.2 Å². The molecule has 0 radical (unpaired) electrons. The van der Waals surface area contributed by atoms with E-state index in [1.54, 1.807) is 12.1 Å². The summed E-state index contributed by atoms with van der Waals surface area (Å²) in [4.78, 5) is 11.4. The Morgan fingerprint density at radius 3 is 2.82 bits per heavy atom. The molecule has 0 saturated carbocycles. The topological polar surface area (TPSA) is 101 Å². The number of nitrogens with two attached hydrogens (primary N) is 1. The Kier molecular flexibility index (Phi) is 3.03. The first kappa shape index (κ1) is 11.9. The van der Waals surface area contributed by atoms with E-state index in [2.05, 4.69) is 5.32 Å². The molecule has 2 rings (SSSR count). The summed E-state index contributed by atoms with van der Waals surface area (Å²) < 4.78 is 23.5. The average molecular weight is 255 g/mol. The number of carbonyl (C=O) groups excluding carboxylic acids is 1. The molecule has 6 nitrogen and oxygen atoms in total. The largest absolute Gasteiger partial charge is 0.333 e. The summed E-state index contributed by atoms with van der Waals surface area (Å²) in [6.45, 7) is 0. The first-order chi connectivity index (χ1) is 8.03. The van der Waals surface area contributed by atoms with Crippen LogP contribution in [0.3, 0.4) is 0 Å². The van der Waals surface area contributed by atoms with Crippen molar-refractivity contribution in [3.8, 4) is 0 Å². The number of benzene rings is 1. The minimum Gasteiger partial charge on any atom is -0.307 e. The molecule has 1 aliphatic rings. The number of hydrazine groups is 1. The van der Waals surface area contributed by atoms with Crippen molar-refractivity contribution in [2.75, 3.05) is 11.1 Å². The second-order valence-corrected chi connectivity index (χ2v) is 5.92. The van der Waals surface area contributed by atoms with Crippen LogP contribution in [0.1, 0.15) is 12.0 Å². The van der Waals surface area contributed by atoms with Gasteiger partial charge in [-0.05, 0) is 36.6 Å². The normalized spacial score (nSPS) is 17.0. The highest BCUT2D eigenvalue weighted by Gasteiger charge is 2.23. The van der Waals surface area contributed by atoms with E-state index in [1.165, 1.54) is 6.07 Å². The lowest BCUT2D eigenvalue weighted by atomic mass is 10.1. The van der Waals surface area contributed by atoms with E-state index in [-0.39, 0.29) is 5.75 Å². The average Bonchev–Trinajstić information content (AvgIpc) is 2.28. The predicted octanol–water partition coefficient (Wildman–Crippen LogP) is 0.402. The van der Waals surface area contributed by atoms with Gasteiger partial charge in [-0.3, -0.25) is 5.43 Å². The number of hydrogen-bond donors (Lipinski definition) is 3. The molecule has 0 aliphatic carbocycles. The molecule has 0 aromatic heterocycles. The Bertz CT molecular complexity index is 554. The van der Waals surface area contributed by atoms with Crippen LogP contribution in [-0.4, -0.2) is 20.2 Å². The molecule has 0 atom stereocenters. The van der Waals surface area contributed by atoms with Gasteiger partial charge in [-0.1, -0.05) is 0 Å². The fourth-order valence-corrected chi connectivity index (χ4v) is 3.47. The van der Waals surface area contributed by atoms with Crippen molar-refractivity contribution < 1.29 is 13.2 Å². The molecule has 17 heavy (non-hydrogen) atoms. The molecule has 0 saturated heterocycles. The summed E-state index contributed by atoms with van der Waals surface area (Å²) in [7, 11) is -3.15.